The first-order valence-corrected chi connectivity index (χ1v) is 8.71. The standard InChI is InChI=1S/C19H36N2/c1-7-21(8-2,9-3)17-11-10-14-20-15-12-18(13-16-20)19(4,5)6/h12-13,15-16H,7-11,14,17H2,1-6H3/q+2. The molecule has 1 aromatic rings. The van der Waals surface area contributed by atoms with Gasteiger partial charge in [-0.25, -0.2) is 4.57 Å². The molecule has 1 heterocycles. The number of aryl methyl sites for hydroxylation is 1. The van der Waals surface area contributed by atoms with Crippen LogP contribution in [-0.2, 0) is 12.0 Å². The topological polar surface area (TPSA) is 3.88 Å². The van der Waals surface area contributed by atoms with Gasteiger partial charge in [-0.2, -0.15) is 0 Å². The number of rotatable bonds is 8. The molecule has 120 valence electrons. The Hall–Kier alpha value is -0.890. The van der Waals surface area contributed by atoms with Gasteiger partial charge in [-0.15, -0.1) is 0 Å². The van der Waals surface area contributed by atoms with E-state index in [0.717, 1.165) is 6.54 Å². The summed E-state index contributed by atoms with van der Waals surface area (Å²) in [5.41, 5.74) is 1.66. The Morgan fingerprint density at radius 2 is 1.43 bits per heavy atom. The molecule has 0 N–H and O–H groups in total. The third-order valence-electron chi connectivity index (χ3n) is 5.07. The maximum atomic E-state index is 2.33. The van der Waals surface area contributed by atoms with Gasteiger partial charge in [-0.1, -0.05) is 20.8 Å². The van der Waals surface area contributed by atoms with Gasteiger partial charge in [-0.05, 0) is 31.7 Å². The quantitative estimate of drug-likeness (QED) is 0.388. The van der Waals surface area contributed by atoms with Crippen LogP contribution in [0.2, 0.25) is 0 Å². The van der Waals surface area contributed by atoms with Crippen molar-refractivity contribution in [2.45, 2.75) is 66.3 Å². The predicted octanol–water partition coefficient (Wildman–Crippen LogP) is 3.93. The Balaban J connectivity index is 2.43. The number of unbranched alkanes of at least 4 members (excludes halogenated alkanes) is 1. The summed E-state index contributed by atoms with van der Waals surface area (Å²) < 4.78 is 3.60. The van der Waals surface area contributed by atoms with Crippen LogP contribution in [0, 0.1) is 0 Å². The van der Waals surface area contributed by atoms with E-state index in [0.29, 0.717) is 0 Å². The fraction of sp³-hybridized carbons (Fsp3) is 0.737. The van der Waals surface area contributed by atoms with Gasteiger partial charge in [0.2, 0.25) is 0 Å². The van der Waals surface area contributed by atoms with Crippen LogP contribution < -0.4 is 4.57 Å². The minimum Gasteiger partial charge on any atom is -0.324 e. The monoisotopic (exact) mass is 292 g/mol. The number of nitrogens with zero attached hydrogens (tertiary/aromatic N) is 2. The van der Waals surface area contributed by atoms with Gasteiger partial charge in [0, 0.05) is 25.0 Å². The predicted molar refractivity (Wildman–Crippen MR) is 91.3 cm³/mol. The summed E-state index contributed by atoms with van der Waals surface area (Å²) in [5.74, 6) is 0. The van der Waals surface area contributed by atoms with Crippen LogP contribution in [0.3, 0.4) is 0 Å². The first-order chi connectivity index (χ1) is 9.87. The van der Waals surface area contributed by atoms with Crippen molar-refractivity contribution in [3.05, 3.63) is 30.1 Å². The van der Waals surface area contributed by atoms with Crippen molar-refractivity contribution >= 4 is 0 Å². The van der Waals surface area contributed by atoms with E-state index in [-0.39, 0.29) is 5.41 Å². The second kappa shape index (κ2) is 7.93. The molecule has 0 saturated carbocycles. The molecule has 21 heavy (non-hydrogen) atoms. The first kappa shape index (κ1) is 18.2. The maximum Gasteiger partial charge on any atom is 0.169 e. The van der Waals surface area contributed by atoms with Crippen molar-refractivity contribution in [2.75, 3.05) is 26.2 Å². The highest BCUT2D eigenvalue weighted by Gasteiger charge is 2.20. The van der Waals surface area contributed by atoms with E-state index < -0.39 is 0 Å². The van der Waals surface area contributed by atoms with Crippen molar-refractivity contribution in [3.8, 4) is 0 Å². The van der Waals surface area contributed by atoms with Crippen molar-refractivity contribution in [3.63, 3.8) is 0 Å². The van der Waals surface area contributed by atoms with E-state index in [9.17, 15) is 0 Å². The van der Waals surface area contributed by atoms with E-state index in [1.165, 1.54) is 49.1 Å². The van der Waals surface area contributed by atoms with E-state index in [1.54, 1.807) is 0 Å². The molecule has 2 heteroatoms. The highest BCUT2D eigenvalue weighted by molar-refractivity contribution is 5.17. The number of hydrogen-bond donors (Lipinski definition) is 0. The van der Waals surface area contributed by atoms with Gasteiger partial charge in [0.1, 0.15) is 6.54 Å². The van der Waals surface area contributed by atoms with Crippen molar-refractivity contribution in [1.29, 1.82) is 0 Å². The van der Waals surface area contributed by atoms with Gasteiger partial charge in [0.15, 0.2) is 12.4 Å². The number of pyridine rings is 1. The lowest BCUT2D eigenvalue weighted by Crippen LogP contribution is -2.48. The minimum absolute atomic E-state index is 0.250. The lowest BCUT2D eigenvalue weighted by molar-refractivity contribution is -0.923. The third-order valence-corrected chi connectivity index (χ3v) is 5.07. The van der Waals surface area contributed by atoms with Crippen LogP contribution in [0.15, 0.2) is 24.5 Å². The fourth-order valence-electron chi connectivity index (χ4n) is 2.99. The Morgan fingerprint density at radius 3 is 1.86 bits per heavy atom. The lowest BCUT2D eigenvalue weighted by Gasteiger charge is -2.35. The SMILES string of the molecule is CC[N+](CC)(CC)CCCC[n+]1ccc(C(C)(C)C)cc1. The summed E-state index contributed by atoms with van der Waals surface area (Å²) in [4.78, 5) is 0. The summed E-state index contributed by atoms with van der Waals surface area (Å²) in [6.07, 6.45) is 7.08. The second-order valence-electron chi connectivity index (χ2n) is 7.30. The van der Waals surface area contributed by atoms with Gasteiger partial charge < -0.3 is 4.48 Å². The Morgan fingerprint density at radius 1 is 0.905 bits per heavy atom. The molecule has 0 aliphatic carbocycles. The molecule has 1 rings (SSSR count). The molecule has 2 nitrogen and oxygen atoms in total. The van der Waals surface area contributed by atoms with Crippen LogP contribution in [0.4, 0.5) is 0 Å². The summed E-state index contributed by atoms with van der Waals surface area (Å²) in [6.45, 7) is 20.0. The van der Waals surface area contributed by atoms with E-state index in [1.807, 2.05) is 0 Å². The van der Waals surface area contributed by atoms with Crippen molar-refractivity contribution in [2.24, 2.45) is 0 Å². The van der Waals surface area contributed by atoms with Crippen molar-refractivity contribution < 1.29 is 9.05 Å². The summed E-state index contributed by atoms with van der Waals surface area (Å²) >= 11 is 0. The highest BCUT2D eigenvalue weighted by Crippen LogP contribution is 2.20. The normalized spacial score (nSPS) is 12.7. The Labute approximate surface area is 132 Å². The fourth-order valence-corrected chi connectivity index (χ4v) is 2.99. The third kappa shape index (κ3) is 5.43. The van der Waals surface area contributed by atoms with Gasteiger partial charge in [0.25, 0.3) is 0 Å². The zero-order chi connectivity index (χ0) is 15.9. The molecule has 0 amide bonds. The van der Waals surface area contributed by atoms with Crippen LogP contribution in [-0.4, -0.2) is 30.7 Å². The smallest absolute Gasteiger partial charge is 0.169 e. The molecule has 0 radical (unpaired) electrons. The van der Waals surface area contributed by atoms with E-state index in [2.05, 4.69) is 70.6 Å². The van der Waals surface area contributed by atoms with Crippen LogP contribution in [0.25, 0.3) is 0 Å². The van der Waals surface area contributed by atoms with Crippen LogP contribution >= 0.6 is 0 Å². The number of quaternary nitrogens is 1. The largest absolute Gasteiger partial charge is 0.324 e. The lowest BCUT2D eigenvalue weighted by atomic mass is 9.88. The molecular formula is C19H36N2+2. The van der Waals surface area contributed by atoms with Crippen LogP contribution in [0.1, 0.15) is 59.9 Å². The average Bonchev–Trinajstić information content (AvgIpc) is 2.48. The zero-order valence-electron chi connectivity index (χ0n) is 15.2. The molecule has 0 aromatic carbocycles. The summed E-state index contributed by atoms with van der Waals surface area (Å²) in [5, 5.41) is 0. The highest BCUT2D eigenvalue weighted by atomic mass is 15.3. The average molecular weight is 293 g/mol. The molecule has 0 aliphatic rings. The van der Waals surface area contributed by atoms with E-state index in [4.69, 9.17) is 0 Å². The molecule has 0 fully saturated rings. The Kier molecular flexibility index (Phi) is 6.86. The van der Waals surface area contributed by atoms with Gasteiger partial charge >= 0.3 is 0 Å². The molecule has 0 saturated heterocycles. The Bertz CT molecular complexity index is 388. The molecule has 1 aromatic heterocycles. The first-order valence-electron chi connectivity index (χ1n) is 8.71. The second-order valence-corrected chi connectivity index (χ2v) is 7.30. The molecule has 0 atom stereocenters. The molecule has 0 aliphatic heterocycles. The maximum absolute atomic E-state index is 2.33. The zero-order valence-corrected chi connectivity index (χ0v) is 15.2. The minimum atomic E-state index is 0.250. The van der Waals surface area contributed by atoms with Gasteiger partial charge in [-0.3, -0.25) is 0 Å². The molecular weight excluding hydrogens is 256 g/mol. The molecule has 0 spiro atoms. The van der Waals surface area contributed by atoms with E-state index >= 15 is 0 Å². The van der Waals surface area contributed by atoms with Crippen molar-refractivity contribution in [1.82, 2.24) is 0 Å². The number of aromatic nitrogens is 1. The van der Waals surface area contributed by atoms with Crippen LogP contribution in [0.5, 0.6) is 0 Å². The summed E-state index contributed by atoms with van der Waals surface area (Å²) in [6, 6.07) is 4.54. The molecule has 0 unspecified atom stereocenters. The number of hydrogen-bond acceptors (Lipinski definition) is 0. The van der Waals surface area contributed by atoms with Gasteiger partial charge in [0.05, 0.1) is 26.2 Å². The molecule has 0 bridgehead atoms. The summed E-state index contributed by atoms with van der Waals surface area (Å²) in [7, 11) is 0.